The van der Waals surface area contributed by atoms with Crippen molar-refractivity contribution >= 4 is 17.7 Å². The first kappa shape index (κ1) is 19.0. The lowest BCUT2D eigenvalue weighted by molar-refractivity contribution is -0.134. The van der Waals surface area contributed by atoms with Crippen LogP contribution in [0.1, 0.15) is 20.8 Å². The number of hydrogen-bond donors (Lipinski definition) is 1. The largest absolute Gasteiger partial charge is 0.490 e. The first-order valence-electron chi connectivity index (χ1n) is 9.35. The first-order valence-corrected chi connectivity index (χ1v) is 9.35. The highest BCUT2D eigenvalue weighted by Crippen LogP contribution is 2.34. The molecule has 1 spiro atoms. The van der Waals surface area contributed by atoms with Gasteiger partial charge in [0.15, 0.2) is 0 Å². The monoisotopic (exact) mass is 397 g/mol. The zero-order valence-corrected chi connectivity index (χ0v) is 16.6. The van der Waals surface area contributed by atoms with Crippen LogP contribution in [-0.2, 0) is 11.8 Å². The van der Waals surface area contributed by atoms with Crippen molar-refractivity contribution in [1.29, 1.82) is 0 Å². The van der Waals surface area contributed by atoms with Gasteiger partial charge in [0.2, 0.25) is 5.91 Å². The highest BCUT2D eigenvalue weighted by Gasteiger charge is 2.54. The van der Waals surface area contributed by atoms with E-state index in [1.54, 1.807) is 67.3 Å². The van der Waals surface area contributed by atoms with E-state index in [0.29, 0.717) is 17.0 Å². The maximum atomic E-state index is 13.0. The van der Waals surface area contributed by atoms with Crippen LogP contribution in [0.15, 0.2) is 36.5 Å². The van der Waals surface area contributed by atoms with Crippen molar-refractivity contribution in [3.05, 3.63) is 47.8 Å². The molecule has 2 aromatic rings. The summed E-state index contributed by atoms with van der Waals surface area (Å²) in [6, 6.07) is 8.58. The minimum Gasteiger partial charge on any atom is -0.490 e. The highest BCUT2D eigenvalue weighted by atomic mass is 16.5. The van der Waals surface area contributed by atoms with Crippen molar-refractivity contribution in [1.82, 2.24) is 24.9 Å². The summed E-state index contributed by atoms with van der Waals surface area (Å²) in [6.45, 7) is 0.421. The first-order chi connectivity index (χ1) is 13.8. The van der Waals surface area contributed by atoms with Gasteiger partial charge in [-0.25, -0.2) is 0 Å². The second-order valence-corrected chi connectivity index (χ2v) is 7.74. The van der Waals surface area contributed by atoms with E-state index < -0.39 is 11.5 Å². The van der Waals surface area contributed by atoms with Gasteiger partial charge in [0, 0.05) is 40.4 Å². The van der Waals surface area contributed by atoms with Crippen molar-refractivity contribution in [2.24, 2.45) is 13.0 Å². The van der Waals surface area contributed by atoms with Crippen LogP contribution in [0.4, 0.5) is 0 Å². The third kappa shape index (κ3) is 3.22. The predicted molar refractivity (Wildman–Crippen MR) is 103 cm³/mol. The summed E-state index contributed by atoms with van der Waals surface area (Å²) in [5, 5.41) is 7.18. The van der Waals surface area contributed by atoms with E-state index in [1.807, 2.05) is 0 Å². The van der Waals surface area contributed by atoms with Gasteiger partial charge in [-0.15, -0.1) is 0 Å². The van der Waals surface area contributed by atoms with E-state index in [0.717, 1.165) is 0 Å². The quantitative estimate of drug-likeness (QED) is 0.778. The van der Waals surface area contributed by atoms with Gasteiger partial charge in [-0.2, -0.15) is 5.10 Å². The summed E-state index contributed by atoms with van der Waals surface area (Å²) in [4.78, 5) is 41.9. The molecule has 1 aromatic heterocycles. The van der Waals surface area contributed by atoms with Crippen LogP contribution in [0.3, 0.4) is 0 Å². The van der Waals surface area contributed by atoms with Crippen molar-refractivity contribution in [2.75, 3.05) is 33.8 Å². The molecule has 9 nitrogen and oxygen atoms in total. The van der Waals surface area contributed by atoms with Gasteiger partial charge < -0.3 is 19.9 Å². The van der Waals surface area contributed by atoms with Crippen LogP contribution in [0.2, 0.25) is 0 Å². The van der Waals surface area contributed by atoms with Crippen LogP contribution in [0.5, 0.6) is 5.75 Å². The van der Waals surface area contributed by atoms with Crippen molar-refractivity contribution in [3.63, 3.8) is 0 Å². The molecule has 4 rings (SSSR count). The Hall–Kier alpha value is -3.36. The van der Waals surface area contributed by atoms with Gasteiger partial charge in [-0.05, 0) is 18.2 Å². The molecular weight excluding hydrogens is 374 g/mol. The molecule has 0 aliphatic carbocycles. The molecule has 1 aromatic carbocycles. The fourth-order valence-corrected chi connectivity index (χ4v) is 3.97. The summed E-state index contributed by atoms with van der Waals surface area (Å²) < 4.78 is 7.49. The molecule has 152 valence electrons. The average Bonchev–Trinajstić information content (AvgIpc) is 3.25. The van der Waals surface area contributed by atoms with Gasteiger partial charge >= 0.3 is 0 Å². The van der Waals surface area contributed by atoms with Gasteiger partial charge in [-0.1, -0.05) is 12.1 Å². The minimum atomic E-state index is -1.03. The van der Waals surface area contributed by atoms with Crippen molar-refractivity contribution in [3.8, 4) is 5.75 Å². The third-order valence-corrected chi connectivity index (χ3v) is 5.48. The second-order valence-electron chi connectivity index (χ2n) is 7.74. The van der Waals surface area contributed by atoms with Gasteiger partial charge in [-0.3, -0.25) is 19.1 Å². The number of rotatable bonds is 2. The smallest absolute Gasteiger partial charge is 0.274 e. The molecule has 3 heterocycles. The number of likely N-dealkylation sites (tertiary alicyclic amines) is 1. The van der Waals surface area contributed by atoms with E-state index >= 15 is 0 Å². The number of para-hydroxylation sites is 1. The Morgan fingerprint density at radius 3 is 2.72 bits per heavy atom. The standard InChI is InChI=1S/C20H23N5O4/c1-23(2)18(27)14-10-25(19(28)15-8-9-24(3)22-15)11-20(14)12-29-16-7-5-4-6-13(16)17(26)21-20/h4-9,14H,10-12H2,1-3H3,(H,21,26)/t14-,20-/m1/s1. The van der Waals surface area contributed by atoms with E-state index in [4.69, 9.17) is 4.74 Å². The molecule has 2 aliphatic heterocycles. The Balaban J connectivity index is 1.69. The van der Waals surface area contributed by atoms with Crippen LogP contribution in [-0.4, -0.2) is 76.6 Å². The summed E-state index contributed by atoms with van der Waals surface area (Å²) in [6.07, 6.45) is 1.69. The molecule has 1 saturated heterocycles. The number of nitrogens with zero attached hydrogens (tertiary/aromatic N) is 4. The molecular formula is C20H23N5O4. The zero-order valence-electron chi connectivity index (χ0n) is 16.6. The fraction of sp³-hybridized carbons (Fsp3) is 0.400. The molecule has 0 unspecified atom stereocenters. The SMILES string of the molecule is CN(C)C(=O)[C@H]1CN(C(=O)c2ccn(C)n2)C[C@@]12COc1ccccc1C(=O)N2. The number of ether oxygens (including phenoxy) is 1. The number of aryl methyl sites for hydroxylation is 1. The molecule has 0 radical (unpaired) electrons. The van der Waals surface area contributed by atoms with E-state index in [1.165, 1.54) is 4.90 Å². The third-order valence-electron chi connectivity index (χ3n) is 5.48. The molecule has 2 aliphatic rings. The molecule has 0 saturated carbocycles. The zero-order chi connectivity index (χ0) is 20.8. The van der Waals surface area contributed by atoms with E-state index in [-0.39, 0.29) is 37.4 Å². The molecule has 0 bridgehead atoms. The second kappa shape index (κ2) is 6.91. The lowest BCUT2D eigenvalue weighted by Crippen LogP contribution is -2.60. The Labute approximate surface area is 168 Å². The fourth-order valence-electron chi connectivity index (χ4n) is 3.97. The number of aromatic nitrogens is 2. The molecule has 3 amide bonds. The van der Waals surface area contributed by atoms with Crippen LogP contribution >= 0.6 is 0 Å². The molecule has 1 N–H and O–H groups in total. The lowest BCUT2D eigenvalue weighted by Gasteiger charge is -2.33. The molecule has 1 fully saturated rings. The Kier molecular flexibility index (Phi) is 4.52. The number of benzene rings is 1. The number of carbonyl (C=O) groups is 3. The summed E-state index contributed by atoms with van der Waals surface area (Å²) >= 11 is 0. The van der Waals surface area contributed by atoms with Gasteiger partial charge in [0.1, 0.15) is 23.6 Å². The normalized spacial score (nSPS) is 23.2. The van der Waals surface area contributed by atoms with Crippen molar-refractivity contribution < 1.29 is 19.1 Å². The van der Waals surface area contributed by atoms with Crippen molar-refractivity contribution in [2.45, 2.75) is 5.54 Å². The number of hydrogen-bond acceptors (Lipinski definition) is 5. The maximum Gasteiger partial charge on any atom is 0.274 e. The topological polar surface area (TPSA) is 96.8 Å². The Morgan fingerprint density at radius 2 is 2.03 bits per heavy atom. The van der Waals surface area contributed by atoms with E-state index in [2.05, 4.69) is 10.4 Å². The van der Waals surface area contributed by atoms with E-state index in [9.17, 15) is 14.4 Å². The Morgan fingerprint density at radius 1 is 1.28 bits per heavy atom. The number of amides is 3. The van der Waals surface area contributed by atoms with Gasteiger partial charge in [0.05, 0.1) is 11.5 Å². The number of fused-ring (bicyclic) bond motifs is 1. The molecule has 2 atom stereocenters. The number of carbonyl (C=O) groups excluding carboxylic acids is 3. The van der Waals surface area contributed by atoms with Crippen LogP contribution in [0, 0.1) is 5.92 Å². The summed E-state index contributed by atoms with van der Waals surface area (Å²) in [7, 11) is 5.05. The molecule has 9 heteroatoms. The average molecular weight is 397 g/mol. The number of nitrogens with one attached hydrogen (secondary N) is 1. The minimum absolute atomic E-state index is 0.0893. The van der Waals surface area contributed by atoms with Gasteiger partial charge in [0.25, 0.3) is 11.8 Å². The Bertz CT molecular complexity index is 985. The maximum absolute atomic E-state index is 13.0. The van der Waals surface area contributed by atoms with Crippen LogP contribution < -0.4 is 10.1 Å². The van der Waals surface area contributed by atoms with Crippen LogP contribution in [0.25, 0.3) is 0 Å². The molecule has 29 heavy (non-hydrogen) atoms. The predicted octanol–water partition coefficient (Wildman–Crippen LogP) is 0.142. The highest BCUT2D eigenvalue weighted by molar-refractivity contribution is 5.99. The summed E-state index contributed by atoms with van der Waals surface area (Å²) in [5.74, 6) is -0.941. The lowest BCUT2D eigenvalue weighted by atomic mass is 9.86. The summed E-state index contributed by atoms with van der Waals surface area (Å²) in [5.41, 5.74) is -0.318.